The van der Waals surface area contributed by atoms with Crippen molar-refractivity contribution in [1.29, 1.82) is 0 Å². The molecule has 2 N–H and O–H groups in total. The molecule has 2 aromatic carbocycles. The number of anilines is 1. The zero-order valence-electron chi connectivity index (χ0n) is 19.4. The van der Waals surface area contributed by atoms with Gasteiger partial charge in [0.05, 0.1) is 23.3 Å². The van der Waals surface area contributed by atoms with Crippen LogP contribution in [-0.2, 0) is 21.4 Å². The Morgan fingerprint density at radius 3 is 2.31 bits per heavy atom. The molecule has 10 heteroatoms. The molecule has 1 aromatic heterocycles. The summed E-state index contributed by atoms with van der Waals surface area (Å²) in [5.74, 6) is 0.192. The van der Waals surface area contributed by atoms with Gasteiger partial charge in [0.25, 0.3) is 5.91 Å². The zero-order chi connectivity index (χ0) is 24.8. The number of para-hydroxylation sites is 1. The van der Waals surface area contributed by atoms with E-state index in [2.05, 4.69) is 10.6 Å². The van der Waals surface area contributed by atoms with Gasteiger partial charge in [-0.25, -0.2) is 8.42 Å². The standard InChI is InChI=1S/C25H28N4O5S/c1-19(27-23-12-6-5-11-22(23)24(30)26-18-20-8-7-17-34-20)25(31)28-13-15-29(16-14-28)35(32,33)21-9-3-2-4-10-21/h2-12,17,19,27H,13-16,18H2,1H3,(H,26,30)/t19-/m1/s1. The first-order valence-corrected chi connectivity index (χ1v) is 12.8. The predicted octanol–water partition coefficient (Wildman–Crippen LogP) is 2.54. The highest BCUT2D eigenvalue weighted by Crippen LogP contribution is 2.20. The van der Waals surface area contributed by atoms with Crippen LogP contribution in [0.2, 0.25) is 0 Å². The van der Waals surface area contributed by atoms with E-state index in [1.807, 2.05) is 0 Å². The highest BCUT2D eigenvalue weighted by molar-refractivity contribution is 7.89. The SMILES string of the molecule is C[C@@H](Nc1ccccc1C(=O)NCc1ccco1)C(=O)N1CCN(S(=O)(=O)c2ccccc2)CC1. The number of nitrogens with zero attached hydrogens (tertiary/aromatic N) is 2. The molecule has 2 amide bonds. The lowest BCUT2D eigenvalue weighted by atomic mass is 10.1. The van der Waals surface area contributed by atoms with Gasteiger partial charge in [0.1, 0.15) is 11.8 Å². The molecule has 184 valence electrons. The van der Waals surface area contributed by atoms with E-state index in [1.165, 1.54) is 4.31 Å². The Hall–Kier alpha value is -3.63. The molecule has 0 unspecified atom stereocenters. The maximum atomic E-state index is 13.1. The number of amides is 2. The summed E-state index contributed by atoms with van der Waals surface area (Å²) in [4.78, 5) is 27.7. The van der Waals surface area contributed by atoms with Crippen molar-refractivity contribution in [3.63, 3.8) is 0 Å². The number of hydrogen-bond acceptors (Lipinski definition) is 6. The molecule has 0 spiro atoms. The Labute approximate surface area is 204 Å². The molecule has 1 fully saturated rings. The van der Waals surface area contributed by atoms with Gasteiger partial charge in [0.15, 0.2) is 0 Å². The minimum atomic E-state index is -3.59. The molecule has 1 atom stereocenters. The molecule has 1 saturated heterocycles. The van der Waals surface area contributed by atoms with E-state index < -0.39 is 16.1 Å². The number of benzene rings is 2. The van der Waals surface area contributed by atoms with Crippen LogP contribution in [0.15, 0.2) is 82.3 Å². The number of hydrogen-bond donors (Lipinski definition) is 2. The topological polar surface area (TPSA) is 112 Å². The number of furan rings is 1. The summed E-state index contributed by atoms with van der Waals surface area (Å²) in [6.45, 7) is 3.02. The first kappa shape index (κ1) is 24.5. The first-order chi connectivity index (χ1) is 16.9. The summed E-state index contributed by atoms with van der Waals surface area (Å²) in [5.41, 5.74) is 0.952. The highest BCUT2D eigenvalue weighted by Gasteiger charge is 2.31. The molecule has 0 aliphatic carbocycles. The monoisotopic (exact) mass is 496 g/mol. The molecule has 1 aliphatic heterocycles. The van der Waals surface area contributed by atoms with Crippen LogP contribution >= 0.6 is 0 Å². The second-order valence-corrected chi connectivity index (χ2v) is 10.2. The molecule has 0 bridgehead atoms. The van der Waals surface area contributed by atoms with Crippen molar-refractivity contribution >= 4 is 27.5 Å². The number of carbonyl (C=O) groups excluding carboxylic acids is 2. The van der Waals surface area contributed by atoms with Crippen molar-refractivity contribution in [1.82, 2.24) is 14.5 Å². The minimum absolute atomic E-state index is 0.160. The van der Waals surface area contributed by atoms with Gasteiger partial charge in [-0.15, -0.1) is 0 Å². The lowest BCUT2D eigenvalue weighted by Crippen LogP contribution is -2.53. The number of sulfonamides is 1. The summed E-state index contributed by atoms with van der Waals surface area (Å²) >= 11 is 0. The quantitative estimate of drug-likeness (QED) is 0.496. The Kier molecular flexibility index (Phi) is 7.52. The van der Waals surface area contributed by atoms with Gasteiger partial charge >= 0.3 is 0 Å². The van der Waals surface area contributed by atoms with Crippen LogP contribution in [-0.4, -0.2) is 61.7 Å². The van der Waals surface area contributed by atoms with Gasteiger partial charge in [-0.2, -0.15) is 4.31 Å². The third-order valence-corrected chi connectivity index (χ3v) is 7.76. The lowest BCUT2D eigenvalue weighted by Gasteiger charge is -2.35. The van der Waals surface area contributed by atoms with Crippen molar-refractivity contribution in [2.75, 3.05) is 31.5 Å². The molecular weight excluding hydrogens is 468 g/mol. The third-order valence-electron chi connectivity index (χ3n) is 5.85. The molecule has 4 rings (SSSR count). The van der Waals surface area contributed by atoms with E-state index in [1.54, 1.807) is 84.8 Å². The fraction of sp³-hybridized carbons (Fsp3) is 0.280. The molecule has 0 radical (unpaired) electrons. The van der Waals surface area contributed by atoms with E-state index in [0.29, 0.717) is 30.1 Å². The van der Waals surface area contributed by atoms with Crippen molar-refractivity contribution in [3.05, 3.63) is 84.3 Å². The highest BCUT2D eigenvalue weighted by atomic mass is 32.2. The summed E-state index contributed by atoms with van der Waals surface area (Å²) in [6, 6.07) is 18.2. The second-order valence-electron chi connectivity index (χ2n) is 8.22. The van der Waals surface area contributed by atoms with E-state index in [-0.39, 0.29) is 36.3 Å². The van der Waals surface area contributed by atoms with Crippen LogP contribution in [0, 0.1) is 0 Å². The van der Waals surface area contributed by atoms with Crippen LogP contribution in [0.4, 0.5) is 5.69 Å². The minimum Gasteiger partial charge on any atom is -0.467 e. The van der Waals surface area contributed by atoms with Crippen molar-refractivity contribution in [2.45, 2.75) is 24.4 Å². The average Bonchev–Trinajstić information content (AvgIpc) is 3.41. The Morgan fingerprint density at radius 1 is 0.943 bits per heavy atom. The molecular formula is C25H28N4O5S. The van der Waals surface area contributed by atoms with Gasteiger partial charge in [-0.05, 0) is 43.3 Å². The molecule has 9 nitrogen and oxygen atoms in total. The normalized spacial score (nSPS) is 15.4. The van der Waals surface area contributed by atoms with E-state index >= 15 is 0 Å². The molecule has 2 heterocycles. The number of rotatable bonds is 8. The van der Waals surface area contributed by atoms with Crippen molar-refractivity contribution in [2.24, 2.45) is 0 Å². The number of carbonyl (C=O) groups is 2. The van der Waals surface area contributed by atoms with Gasteiger partial charge in [-0.3, -0.25) is 9.59 Å². The maximum Gasteiger partial charge on any atom is 0.253 e. The van der Waals surface area contributed by atoms with Crippen LogP contribution in [0.1, 0.15) is 23.0 Å². The van der Waals surface area contributed by atoms with Gasteiger partial charge in [0.2, 0.25) is 15.9 Å². The first-order valence-electron chi connectivity index (χ1n) is 11.4. The summed E-state index contributed by atoms with van der Waals surface area (Å²) in [7, 11) is -3.59. The van der Waals surface area contributed by atoms with Crippen molar-refractivity contribution < 1.29 is 22.4 Å². The van der Waals surface area contributed by atoms with Gasteiger partial charge in [-0.1, -0.05) is 30.3 Å². The number of piperazine rings is 1. The summed E-state index contributed by atoms with van der Waals surface area (Å²) in [5, 5.41) is 5.95. The van der Waals surface area contributed by atoms with Crippen LogP contribution in [0.5, 0.6) is 0 Å². The Morgan fingerprint density at radius 2 is 1.63 bits per heavy atom. The zero-order valence-corrected chi connectivity index (χ0v) is 20.2. The molecule has 0 saturated carbocycles. The van der Waals surface area contributed by atoms with E-state index in [0.717, 1.165) is 0 Å². The van der Waals surface area contributed by atoms with Crippen LogP contribution in [0.3, 0.4) is 0 Å². The van der Waals surface area contributed by atoms with Crippen LogP contribution < -0.4 is 10.6 Å². The Balaban J connectivity index is 1.35. The van der Waals surface area contributed by atoms with Gasteiger partial charge in [0, 0.05) is 31.9 Å². The fourth-order valence-corrected chi connectivity index (χ4v) is 5.39. The van der Waals surface area contributed by atoms with E-state index in [4.69, 9.17) is 4.42 Å². The number of nitrogens with one attached hydrogen (secondary N) is 2. The molecule has 1 aliphatic rings. The second kappa shape index (κ2) is 10.7. The fourth-order valence-electron chi connectivity index (χ4n) is 3.94. The smallest absolute Gasteiger partial charge is 0.253 e. The largest absolute Gasteiger partial charge is 0.467 e. The maximum absolute atomic E-state index is 13.1. The lowest BCUT2D eigenvalue weighted by molar-refractivity contribution is -0.132. The predicted molar refractivity (Wildman–Crippen MR) is 131 cm³/mol. The Bertz CT molecular complexity index is 1250. The third kappa shape index (κ3) is 5.72. The average molecular weight is 497 g/mol. The van der Waals surface area contributed by atoms with E-state index in [9.17, 15) is 18.0 Å². The summed E-state index contributed by atoms with van der Waals surface area (Å²) in [6.07, 6.45) is 1.54. The van der Waals surface area contributed by atoms with Crippen LogP contribution in [0.25, 0.3) is 0 Å². The molecule has 35 heavy (non-hydrogen) atoms. The molecule has 3 aromatic rings. The summed E-state index contributed by atoms with van der Waals surface area (Å²) < 4.78 is 32.3. The van der Waals surface area contributed by atoms with Crippen molar-refractivity contribution in [3.8, 4) is 0 Å². The van der Waals surface area contributed by atoms with Gasteiger partial charge < -0.3 is 20.0 Å².